The zero-order chi connectivity index (χ0) is 27.6. The van der Waals surface area contributed by atoms with Crippen LogP contribution >= 0.6 is 15.9 Å². The fourth-order valence-electron chi connectivity index (χ4n) is 4.67. The van der Waals surface area contributed by atoms with E-state index in [4.69, 9.17) is 9.72 Å². The lowest BCUT2D eigenvalue weighted by atomic mass is 9.78. The number of hydrogen-bond donors (Lipinski definition) is 2. The molecule has 0 radical (unpaired) electrons. The van der Waals surface area contributed by atoms with Crippen molar-refractivity contribution in [3.05, 3.63) is 93.5 Å². The number of hydrogen-bond acceptors (Lipinski definition) is 4. The predicted molar refractivity (Wildman–Crippen MR) is 144 cm³/mol. The van der Waals surface area contributed by atoms with E-state index in [0.29, 0.717) is 33.8 Å². The molecule has 0 saturated carbocycles. The highest BCUT2D eigenvalue weighted by atomic mass is 79.9. The van der Waals surface area contributed by atoms with Crippen LogP contribution in [0.3, 0.4) is 0 Å². The van der Waals surface area contributed by atoms with E-state index in [1.165, 1.54) is 14.0 Å². The topological polar surface area (TPSA) is 88.5 Å². The van der Waals surface area contributed by atoms with Crippen LogP contribution in [0.5, 0.6) is 5.75 Å². The van der Waals surface area contributed by atoms with Crippen molar-refractivity contribution in [2.24, 2.45) is 0 Å². The van der Waals surface area contributed by atoms with Crippen LogP contribution in [0.4, 0.5) is 8.78 Å². The van der Waals surface area contributed by atoms with Crippen LogP contribution < -0.4 is 10.1 Å². The van der Waals surface area contributed by atoms with E-state index in [0.717, 1.165) is 16.1 Å². The Balaban J connectivity index is 1.80. The average molecular weight is 583 g/mol. The van der Waals surface area contributed by atoms with Gasteiger partial charge in [-0.05, 0) is 36.8 Å². The largest absolute Gasteiger partial charge is 0.493 e. The first kappa shape index (κ1) is 27.2. The van der Waals surface area contributed by atoms with E-state index >= 15 is 0 Å². The maximum Gasteiger partial charge on any atom is 0.304 e. The number of pyridine rings is 1. The molecule has 4 aromatic rings. The maximum absolute atomic E-state index is 14.5. The molecule has 1 amide bonds. The summed E-state index contributed by atoms with van der Waals surface area (Å²) < 4.78 is 34.6. The van der Waals surface area contributed by atoms with Gasteiger partial charge in [-0.1, -0.05) is 53.2 Å². The molecule has 2 N–H and O–H groups in total. The van der Waals surface area contributed by atoms with E-state index in [9.17, 15) is 23.5 Å². The smallest absolute Gasteiger partial charge is 0.304 e. The molecule has 3 aromatic carbocycles. The van der Waals surface area contributed by atoms with Crippen molar-refractivity contribution in [3.8, 4) is 17.0 Å². The third kappa shape index (κ3) is 5.38. The number of rotatable bonds is 8. The number of carboxylic acid groups (broad SMARTS) is 1. The second-order valence-corrected chi connectivity index (χ2v) is 10.2. The number of carboxylic acids is 1. The van der Waals surface area contributed by atoms with Crippen molar-refractivity contribution in [3.63, 3.8) is 0 Å². The number of fused-ring (bicyclic) bond motifs is 1. The number of aliphatic carboxylic acids is 1. The number of benzene rings is 3. The number of nitrogens with one attached hydrogen (secondary N) is 1. The number of ether oxygens (including phenoxy) is 1. The summed E-state index contributed by atoms with van der Waals surface area (Å²) >= 11 is 3.45. The molecule has 1 atom stereocenters. The molecule has 0 unspecified atom stereocenters. The zero-order valence-electron chi connectivity index (χ0n) is 20.9. The monoisotopic (exact) mass is 582 g/mol. The van der Waals surface area contributed by atoms with Crippen LogP contribution in [0.25, 0.3) is 22.2 Å². The third-order valence-electron chi connectivity index (χ3n) is 6.51. The first-order chi connectivity index (χ1) is 18.0. The minimum atomic E-state index is -1.39. The number of halogens is 3. The molecule has 196 valence electrons. The number of carbonyl (C=O) groups is 2. The van der Waals surface area contributed by atoms with Gasteiger partial charge in [0.1, 0.15) is 5.82 Å². The van der Waals surface area contributed by atoms with Crippen molar-refractivity contribution in [2.45, 2.75) is 25.7 Å². The first-order valence-electron chi connectivity index (χ1n) is 11.7. The fourth-order valence-corrected chi connectivity index (χ4v) is 5.03. The lowest BCUT2D eigenvalue weighted by Gasteiger charge is -2.30. The quantitative estimate of drug-likeness (QED) is 0.250. The van der Waals surface area contributed by atoms with Gasteiger partial charge in [-0.2, -0.15) is 0 Å². The van der Waals surface area contributed by atoms with Crippen LogP contribution in [0, 0.1) is 18.6 Å². The lowest BCUT2D eigenvalue weighted by molar-refractivity contribution is -0.138. The van der Waals surface area contributed by atoms with Gasteiger partial charge in [-0.25, -0.2) is 13.8 Å². The third-order valence-corrected chi connectivity index (χ3v) is 7.00. The Bertz CT molecular complexity index is 1550. The van der Waals surface area contributed by atoms with Crippen LogP contribution in [-0.4, -0.2) is 35.6 Å². The van der Waals surface area contributed by atoms with Gasteiger partial charge in [-0.15, -0.1) is 0 Å². The molecule has 9 heteroatoms. The van der Waals surface area contributed by atoms with E-state index < -0.39 is 35.3 Å². The molecule has 0 saturated heterocycles. The molecule has 1 heterocycles. The molecular weight excluding hydrogens is 558 g/mol. The molecule has 0 spiro atoms. The molecule has 0 aliphatic heterocycles. The van der Waals surface area contributed by atoms with Crippen LogP contribution in [0.2, 0.25) is 0 Å². The van der Waals surface area contributed by atoms with Gasteiger partial charge < -0.3 is 15.2 Å². The van der Waals surface area contributed by atoms with Gasteiger partial charge in [0.2, 0.25) is 0 Å². The van der Waals surface area contributed by atoms with Crippen LogP contribution in [0.15, 0.2) is 65.1 Å². The fraction of sp³-hybridized carbons (Fsp3) is 0.207. The van der Waals surface area contributed by atoms with Gasteiger partial charge in [-0.3, -0.25) is 9.59 Å². The molecule has 0 aliphatic carbocycles. The van der Waals surface area contributed by atoms with Crippen LogP contribution in [0.1, 0.15) is 34.8 Å². The summed E-state index contributed by atoms with van der Waals surface area (Å²) in [4.78, 5) is 30.3. The molecule has 1 aromatic heterocycles. The Morgan fingerprint density at radius 3 is 2.47 bits per heavy atom. The average Bonchev–Trinajstić information content (AvgIpc) is 2.86. The second-order valence-electron chi connectivity index (χ2n) is 9.27. The van der Waals surface area contributed by atoms with Gasteiger partial charge in [0.25, 0.3) is 5.91 Å². The van der Waals surface area contributed by atoms with E-state index in [1.807, 2.05) is 36.4 Å². The summed E-state index contributed by atoms with van der Waals surface area (Å²) in [5, 5.41) is 13.0. The van der Waals surface area contributed by atoms with Crippen molar-refractivity contribution in [2.75, 3.05) is 13.7 Å². The van der Waals surface area contributed by atoms with Gasteiger partial charge in [0, 0.05) is 39.0 Å². The van der Waals surface area contributed by atoms with E-state index in [2.05, 4.69) is 21.2 Å². The predicted octanol–water partition coefficient (Wildman–Crippen LogP) is 6.42. The van der Waals surface area contributed by atoms with Crippen LogP contribution in [-0.2, 0) is 10.2 Å². The minimum Gasteiger partial charge on any atom is -0.493 e. The first-order valence-corrected chi connectivity index (χ1v) is 12.5. The summed E-state index contributed by atoms with van der Waals surface area (Å²) in [5.41, 5.74) is 1.68. The number of nitrogens with zero attached hydrogens (tertiary/aromatic N) is 1. The SMILES string of the molecule is COc1c(F)cc(F)cc1[C@@](C)(CNC(=O)c1c(C)c(-c2ccccc2)nc2ccc(Br)cc12)CC(=O)O. The summed E-state index contributed by atoms with van der Waals surface area (Å²) in [6.45, 7) is 3.09. The highest BCUT2D eigenvalue weighted by Gasteiger charge is 2.35. The van der Waals surface area contributed by atoms with E-state index in [1.54, 1.807) is 19.1 Å². The summed E-state index contributed by atoms with van der Waals surface area (Å²) in [7, 11) is 1.22. The molecule has 38 heavy (non-hydrogen) atoms. The number of aromatic nitrogens is 1. The summed E-state index contributed by atoms with van der Waals surface area (Å²) in [5.74, 6) is -3.79. The van der Waals surface area contributed by atoms with Crippen molar-refractivity contribution < 1.29 is 28.2 Å². The van der Waals surface area contributed by atoms with E-state index in [-0.39, 0.29) is 17.9 Å². The zero-order valence-corrected chi connectivity index (χ0v) is 22.5. The highest BCUT2D eigenvalue weighted by molar-refractivity contribution is 9.10. The molecule has 0 bridgehead atoms. The van der Waals surface area contributed by atoms with Crippen molar-refractivity contribution in [1.29, 1.82) is 0 Å². The molecular formula is C29H25BrF2N2O4. The minimum absolute atomic E-state index is 0.00391. The van der Waals surface area contributed by atoms with Gasteiger partial charge in [0.15, 0.2) is 11.6 Å². The number of methoxy groups -OCH3 is 1. The molecule has 0 aliphatic rings. The Morgan fingerprint density at radius 2 is 1.82 bits per heavy atom. The number of amides is 1. The lowest BCUT2D eigenvalue weighted by Crippen LogP contribution is -2.41. The molecule has 0 fully saturated rings. The Morgan fingerprint density at radius 1 is 1.11 bits per heavy atom. The maximum atomic E-state index is 14.5. The molecule has 6 nitrogen and oxygen atoms in total. The standard InChI is InChI=1S/C29H25BrF2N2O4/c1-16-25(20-11-18(30)9-10-23(20)34-26(16)17-7-5-4-6-8-17)28(37)33-15-29(2,14-24(35)36)21-12-19(31)13-22(32)27(21)38-3/h4-13H,14-15H2,1-3H3,(H,33,37)(H,35,36)/t29-/m1/s1. The molecule has 4 rings (SSSR count). The second kappa shape index (κ2) is 10.9. The normalized spacial score (nSPS) is 12.7. The number of carbonyl (C=O) groups excluding carboxylic acids is 1. The van der Waals surface area contributed by atoms with Crippen molar-refractivity contribution in [1.82, 2.24) is 10.3 Å². The van der Waals surface area contributed by atoms with Gasteiger partial charge >= 0.3 is 5.97 Å². The summed E-state index contributed by atoms with van der Waals surface area (Å²) in [6.07, 6.45) is -0.510. The van der Waals surface area contributed by atoms with Gasteiger partial charge in [0.05, 0.1) is 30.3 Å². The Hall–Kier alpha value is -3.85. The highest BCUT2D eigenvalue weighted by Crippen LogP contribution is 2.37. The van der Waals surface area contributed by atoms with Crippen molar-refractivity contribution >= 4 is 38.7 Å². The Labute approximate surface area is 226 Å². The summed E-state index contributed by atoms with van der Waals surface area (Å²) in [6, 6.07) is 16.6. The Kier molecular flexibility index (Phi) is 7.78.